The predicted molar refractivity (Wildman–Crippen MR) is 84.8 cm³/mol. The molecule has 1 aromatic rings. The molecule has 118 valence electrons. The number of carbonyl (C=O) groups is 1. The van der Waals surface area contributed by atoms with E-state index in [0.29, 0.717) is 12.0 Å². The molecule has 2 saturated carbocycles. The summed E-state index contributed by atoms with van der Waals surface area (Å²) in [6, 6.07) is 9.57. The lowest BCUT2D eigenvalue weighted by atomic mass is 9.70. The van der Waals surface area contributed by atoms with Gasteiger partial charge in [0.1, 0.15) is 0 Å². The Kier molecular flexibility index (Phi) is 3.34. The highest BCUT2D eigenvalue weighted by atomic mass is 32.2. The molecule has 2 fully saturated rings. The molecule has 1 aromatic carbocycles. The number of rotatable bonds is 3. The standard InChI is InChI=1S/C17H20O4S/c1-16(2)14-8-9-17(16,11-22(19,20)21)15(18)13(14)10-12-6-4-3-5-7-12/h3-7,10,14H,8-9,11H2,1-2H3,(H,19,20,21)/b13-10+. The van der Waals surface area contributed by atoms with Crippen LogP contribution in [0.25, 0.3) is 6.08 Å². The van der Waals surface area contributed by atoms with Gasteiger partial charge in [-0.25, -0.2) is 0 Å². The van der Waals surface area contributed by atoms with Gasteiger partial charge in [-0.05, 0) is 35.8 Å². The number of Topliss-reactive ketones (excluding diaryl/α,β-unsaturated/α-hetero) is 1. The van der Waals surface area contributed by atoms with Crippen LogP contribution in [0.5, 0.6) is 0 Å². The zero-order valence-electron chi connectivity index (χ0n) is 12.7. The zero-order valence-corrected chi connectivity index (χ0v) is 13.6. The molecule has 0 aromatic heterocycles. The zero-order chi connectivity index (χ0) is 16.2. The predicted octanol–water partition coefficient (Wildman–Crippen LogP) is 2.96. The minimum Gasteiger partial charge on any atom is -0.294 e. The van der Waals surface area contributed by atoms with E-state index >= 15 is 0 Å². The van der Waals surface area contributed by atoms with Crippen molar-refractivity contribution >= 4 is 22.0 Å². The molecule has 0 spiro atoms. The van der Waals surface area contributed by atoms with Gasteiger partial charge in [0.2, 0.25) is 0 Å². The summed E-state index contributed by atoms with van der Waals surface area (Å²) < 4.78 is 32.2. The van der Waals surface area contributed by atoms with Gasteiger partial charge in [0.15, 0.2) is 5.78 Å². The lowest BCUT2D eigenvalue weighted by Crippen LogP contribution is -2.42. The van der Waals surface area contributed by atoms with Gasteiger partial charge in [-0.1, -0.05) is 44.2 Å². The van der Waals surface area contributed by atoms with Gasteiger partial charge < -0.3 is 0 Å². The Morgan fingerprint density at radius 1 is 1.27 bits per heavy atom. The first kappa shape index (κ1) is 15.4. The van der Waals surface area contributed by atoms with Crippen molar-refractivity contribution < 1.29 is 17.8 Å². The number of hydrogen-bond donors (Lipinski definition) is 1. The highest BCUT2D eigenvalue weighted by molar-refractivity contribution is 7.85. The van der Waals surface area contributed by atoms with Gasteiger partial charge in [-0.15, -0.1) is 0 Å². The Hall–Kier alpha value is -1.46. The van der Waals surface area contributed by atoms with Crippen LogP contribution >= 0.6 is 0 Å². The summed E-state index contributed by atoms with van der Waals surface area (Å²) in [6.45, 7) is 3.89. The number of benzene rings is 1. The third-order valence-corrected chi connectivity index (χ3v) is 6.44. The maximum atomic E-state index is 12.9. The second-order valence-electron chi connectivity index (χ2n) is 6.96. The van der Waals surface area contributed by atoms with Gasteiger partial charge in [-0.3, -0.25) is 9.35 Å². The van der Waals surface area contributed by atoms with E-state index in [1.807, 2.05) is 50.3 Å². The minimum atomic E-state index is -4.20. The van der Waals surface area contributed by atoms with Crippen molar-refractivity contribution in [2.75, 3.05) is 5.75 Å². The van der Waals surface area contributed by atoms with E-state index in [2.05, 4.69) is 0 Å². The molecule has 5 heteroatoms. The number of carbonyl (C=O) groups excluding carboxylic acids is 1. The quantitative estimate of drug-likeness (QED) is 0.686. The average Bonchev–Trinajstić information content (AvgIpc) is 2.73. The van der Waals surface area contributed by atoms with Crippen LogP contribution in [0.15, 0.2) is 35.9 Å². The first-order valence-electron chi connectivity index (χ1n) is 7.44. The van der Waals surface area contributed by atoms with E-state index < -0.39 is 26.7 Å². The first-order chi connectivity index (χ1) is 10.2. The number of hydrogen-bond acceptors (Lipinski definition) is 3. The maximum absolute atomic E-state index is 12.9. The number of allylic oxidation sites excluding steroid dienone is 1. The fraction of sp³-hybridized carbons (Fsp3) is 0.471. The Bertz CT molecular complexity index is 746. The van der Waals surface area contributed by atoms with E-state index in [1.54, 1.807) is 0 Å². The molecule has 2 atom stereocenters. The first-order valence-corrected chi connectivity index (χ1v) is 9.05. The molecule has 0 saturated heterocycles. The van der Waals surface area contributed by atoms with Crippen LogP contribution in [0.1, 0.15) is 32.3 Å². The Labute approximate surface area is 131 Å². The topological polar surface area (TPSA) is 71.4 Å². The van der Waals surface area contributed by atoms with Crippen molar-refractivity contribution in [1.29, 1.82) is 0 Å². The van der Waals surface area contributed by atoms with Crippen LogP contribution in [-0.4, -0.2) is 24.5 Å². The van der Waals surface area contributed by atoms with Gasteiger partial charge in [0, 0.05) is 5.57 Å². The van der Waals surface area contributed by atoms with Crippen LogP contribution in [0.2, 0.25) is 0 Å². The van der Waals surface area contributed by atoms with E-state index in [1.165, 1.54) is 0 Å². The van der Waals surface area contributed by atoms with Crippen LogP contribution in [0.4, 0.5) is 0 Å². The summed E-state index contributed by atoms with van der Waals surface area (Å²) in [6.07, 6.45) is 3.18. The molecule has 3 rings (SSSR count). The largest absolute Gasteiger partial charge is 0.294 e. The molecule has 2 bridgehead atoms. The highest BCUT2D eigenvalue weighted by Gasteiger charge is 2.67. The van der Waals surface area contributed by atoms with Gasteiger partial charge in [0.25, 0.3) is 10.1 Å². The van der Waals surface area contributed by atoms with Crippen LogP contribution in [0, 0.1) is 16.7 Å². The Morgan fingerprint density at radius 2 is 1.91 bits per heavy atom. The normalized spacial score (nSPS) is 31.9. The summed E-state index contributed by atoms with van der Waals surface area (Å²) in [5.74, 6) is -0.550. The molecule has 4 nitrogen and oxygen atoms in total. The van der Waals surface area contributed by atoms with Crippen molar-refractivity contribution in [2.45, 2.75) is 26.7 Å². The lowest BCUT2D eigenvalue weighted by molar-refractivity contribution is -0.125. The van der Waals surface area contributed by atoms with E-state index in [9.17, 15) is 17.8 Å². The van der Waals surface area contributed by atoms with Crippen molar-refractivity contribution in [2.24, 2.45) is 16.7 Å². The Balaban J connectivity index is 2.09. The molecule has 0 aliphatic heterocycles. The van der Waals surface area contributed by atoms with E-state index in [-0.39, 0.29) is 11.7 Å². The summed E-state index contributed by atoms with van der Waals surface area (Å²) in [7, 11) is -4.20. The monoisotopic (exact) mass is 320 g/mol. The lowest BCUT2D eigenvalue weighted by Gasteiger charge is -2.34. The van der Waals surface area contributed by atoms with Crippen LogP contribution < -0.4 is 0 Å². The summed E-state index contributed by atoms with van der Waals surface area (Å²) in [4.78, 5) is 12.9. The molecule has 2 aliphatic carbocycles. The van der Waals surface area contributed by atoms with E-state index in [0.717, 1.165) is 12.0 Å². The molecular formula is C17H20O4S. The van der Waals surface area contributed by atoms with Crippen LogP contribution in [0.3, 0.4) is 0 Å². The number of fused-ring (bicyclic) bond motifs is 2. The van der Waals surface area contributed by atoms with Crippen molar-refractivity contribution in [3.63, 3.8) is 0 Å². The van der Waals surface area contributed by atoms with Gasteiger partial charge >= 0.3 is 0 Å². The fourth-order valence-electron chi connectivity index (χ4n) is 4.32. The smallest absolute Gasteiger partial charge is 0.265 e. The van der Waals surface area contributed by atoms with Gasteiger partial charge in [0.05, 0.1) is 11.2 Å². The third kappa shape index (κ3) is 2.15. The summed E-state index contributed by atoms with van der Waals surface area (Å²) in [5, 5.41) is 0. The SMILES string of the molecule is CC1(C)C2CCC1(CS(=O)(=O)O)C(=O)/C2=C/c1ccccc1. The molecule has 1 N–H and O–H groups in total. The summed E-state index contributed by atoms with van der Waals surface area (Å²) >= 11 is 0. The molecule has 0 radical (unpaired) electrons. The molecule has 2 unspecified atom stereocenters. The van der Waals surface area contributed by atoms with Gasteiger partial charge in [-0.2, -0.15) is 8.42 Å². The highest BCUT2D eigenvalue weighted by Crippen LogP contribution is 2.66. The van der Waals surface area contributed by atoms with Crippen molar-refractivity contribution in [3.05, 3.63) is 41.5 Å². The van der Waals surface area contributed by atoms with E-state index in [4.69, 9.17) is 0 Å². The summed E-state index contributed by atoms with van der Waals surface area (Å²) in [5.41, 5.74) is 0.189. The number of ketones is 1. The van der Waals surface area contributed by atoms with Crippen molar-refractivity contribution in [1.82, 2.24) is 0 Å². The van der Waals surface area contributed by atoms with Crippen molar-refractivity contribution in [3.8, 4) is 0 Å². The Morgan fingerprint density at radius 3 is 2.50 bits per heavy atom. The molecule has 2 aliphatic rings. The minimum absolute atomic E-state index is 0.0435. The maximum Gasteiger partial charge on any atom is 0.265 e. The molecule has 22 heavy (non-hydrogen) atoms. The molecular weight excluding hydrogens is 300 g/mol. The third-order valence-electron chi connectivity index (χ3n) is 5.59. The second-order valence-corrected chi connectivity index (χ2v) is 8.41. The molecule has 0 heterocycles. The van der Waals surface area contributed by atoms with Crippen LogP contribution in [-0.2, 0) is 14.9 Å². The molecule has 0 amide bonds. The second kappa shape index (κ2) is 4.77. The average molecular weight is 320 g/mol. The fourth-order valence-corrected chi connectivity index (χ4v) is 5.59.